The molecular formula is C22H27N3O4S2. The Morgan fingerprint density at radius 3 is 2.32 bits per heavy atom. The maximum atomic E-state index is 13.0. The predicted octanol–water partition coefficient (Wildman–Crippen LogP) is 2.50. The molecule has 0 aliphatic carbocycles. The Hall–Kier alpha value is -2.36. The molecule has 1 aliphatic rings. The van der Waals surface area contributed by atoms with Crippen LogP contribution in [0.15, 0.2) is 59.5 Å². The summed E-state index contributed by atoms with van der Waals surface area (Å²) in [6.07, 6.45) is 0. The van der Waals surface area contributed by atoms with Gasteiger partial charge in [0.1, 0.15) is 5.50 Å². The molecule has 0 saturated carbocycles. The molecule has 9 heteroatoms. The third-order valence-electron chi connectivity index (χ3n) is 4.92. The quantitative estimate of drug-likeness (QED) is 0.611. The molecule has 7 nitrogen and oxygen atoms in total. The van der Waals surface area contributed by atoms with E-state index in [9.17, 15) is 18.0 Å². The van der Waals surface area contributed by atoms with Crippen LogP contribution in [-0.4, -0.2) is 43.3 Å². The van der Waals surface area contributed by atoms with Gasteiger partial charge in [0.15, 0.2) is 15.1 Å². The van der Waals surface area contributed by atoms with E-state index in [1.54, 1.807) is 36.4 Å². The standard InChI is InChI=1S/C22H27N3O4S2/c1-22(2,3)15-9-11-17(12-10-15)31(28,29)18-13-23-21(25-20(18)27)30-14-19(26)24-16-7-5-4-6-8-16/h4-12,18,21,23H,13-14H2,1-3H3,(H,24,26)(H,25,27). The van der Waals surface area contributed by atoms with Crippen LogP contribution in [0.1, 0.15) is 26.3 Å². The number of benzene rings is 2. The van der Waals surface area contributed by atoms with Gasteiger partial charge in [0.2, 0.25) is 11.8 Å². The van der Waals surface area contributed by atoms with Crippen LogP contribution in [0, 0.1) is 0 Å². The first-order chi connectivity index (χ1) is 14.6. The highest BCUT2D eigenvalue weighted by atomic mass is 32.2. The van der Waals surface area contributed by atoms with Gasteiger partial charge in [0.05, 0.1) is 10.6 Å². The van der Waals surface area contributed by atoms with Gasteiger partial charge in [-0.1, -0.05) is 51.1 Å². The van der Waals surface area contributed by atoms with E-state index in [0.29, 0.717) is 5.69 Å². The van der Waals surface area contributed by atoms with Gasteiger partial charge >= 0.3 is 0 Å². The number of rotatable bonds is 6. The minimum Gasteiger partial charge on any atom is -0.331 e. The largest absolute Gasteiger partial charge is 0.331 e. The van der Waals surface area contributed by atoms with Crippen molar-refractivity contribution in [3.05, 3.63) is 60.2 Å². The SMILES string of the molecule is CC(C)(C)c1ccc(S(=O)(=O)C2CNC(SCC(=O)Nc3ccccc3)NC2=O)cc1. The molecular weight excluding hydrogens is 434 g/mol. The fourth-order valence-corrected chi connectivity index (χ4v) is 5.43. The molecule has 31 heavy (non-hydrogen) atoms. The fourth-order valence-electron chi connectivity index (χ4n) is 3.12. The lowest BCUT2D eigenvalue weighted by Gasteiger charge is -2.29. The van der Waals surface area contributed by atoms with E-state index in [4.69, 9.17) is 0 Å². The molecule has 2 unspecified atom stereocenters. The molecule has 0 radical (unpaired) electrons. The molecule has 2 atom stereocenters. The molecule has 3 N–H and O–H groups in total. The molecule has 1 fully saturated rings. The minimum absolute atomic E-state index is 0.0207. The summed E-state index contributed by atoms with van der Waals surface area (Å²) in [5.41, 5.74) is 1.08. The number of carbonyl (C=O) groups is 2. The van der Waals surface area contributed by atoms with Crippen molar-refractivity contribution in [1.82, 2.24) is 10.6 Å². The Balaban J connectivity index is 1.56. The zero-order chi connectivity index (χ0) is 22.6. The normalized spacial score (nSPS) is 19.5. The molecule has 166 valence electrons. The average molecular weight is 462 g/mol. The van der Waals surface area contributed by atoms with Gasteiger partial charge in [-0.2, -0.15) is 0 Å². The van der Waals surface area contributed by atoms with E-state index in [0.717, 1.165) is 5.56 Å². The molecule has 2 amide bonds. The van der Waals surface area contributed by atoms with Crippen molar-refractivity contribution in [3.8, 4) is 0 Å². The van der Waals surface area contributed by atoms with E-state index < -0.39 is 26.5 Å². The zero-order valence-electron chi connectivity index (χ0n) is 17.7. The van der Waals surface area contributed by atoms with Crippen LogP contribution < -0.4 is 16.0 Å². The summed E-state index contributed by atoms with van der Waals surface area (Å²) in [6, 6.07) is 15.7. The maximum absolute atomic E-state index is 13.0. The maximum Gasteiger partial charge on any atom is 0.241 e. The number of hydrogen-bond acceptors (Lipinski definition) is 6. The summed E-state index contributed by atoms with van der Waals surface area (Å²) in [5, 5.41) is 7.20. The van der Waals surface area contributed by atoms with Gasteiger partial charge in [-0.05, 0) is 35.2 Å². The molecule has 1 heterocycles. The first-order valence-electron chi connectivity index (χ1n) is 9.92. The number of hydrogen-bond donors (Lipinski definition) is 3. The van der Waals surface area contributed by atoms with Crippen molar-refractivity contribution in [2.75, 3.05) is 17.6 Å². The van der Waals surface area contributed by atoms with Crippen LogP contribution in [0.5, 0.6) is 0 Å². The molecule has 0 bridgehead atoms. The second-order valence-corrected chi connectivity index (χ2v) is 11.6. The van der Waals surface area contributed by atoms with Crippen LogP contribution in [0.2, 0.25) is 0 Å². The lowest BCUT2D eigenvalue weighted by molar-refractivity contribution is -0.122. The Labute approximate surface area is 187 Å². The monoisotopic (exact) mass is 461 g/mol. The second kappa shape index (κ2) is 9.42. The van der Waals surface area contributed by atoms with Crippen molar-refractivity contribution in [2.24, 2.45) is 0 Å². The molecule has 2 aromatic rings. The van der Waals surface area contributed by atoms with Crippen LogP contribution in [0.3, 0.4) is 0 Å². The molecule has 1 saturated heterocycles. The lowest BCUT2D eigenvalue weighted by Crippen LogP contribution is -2.59. The fraction of sp³-hybridized carbons (Fsp3) is 0.364. The van der Waals surface area contributed by atoms with Crippen molar-refractivity contribution in [3.63, 3.8) is 0 Å². The summed E-state index contributed by atoms with van der Waals surface area (Å²) in [6.45, 7) is 6.12. The second-order valence-electron chi connectivity index (χ2n) is 8.33. The van der Waals surface area contributed by atoms with E-state index in [2.05, 4.69) is 16.0 Å². The van der Waals surface area contributed by atoms with Crippen molar-refractivity contribution in [2.45, 2.75) is 41.8 Å². The molecule has 0 aromatic heterocycles. The first-order valence-corrected chi connectivity index (χ1v) is 12.5. The van der Waals surface area contributed by atoms with Crippen LogP contribution in [0.4, 0.5) is 5.69 Å². The van der Waals surface area contributed by atoms with Gasteiger partial charge < -0.3 is 10.6 Å². The first kappa shape index (κ1) is 23.3. The Bertz CT molecular complexity index is 1030. The highest BCUT2D eigenvalue weighted by Gasteiger charge is 2.38. The van der Waals surface area contributed by atoms with E-state index in [1.165, 1.54) is 11.8 Å². The minimum atomic E-state index is -3.83. The van der Waals surface area contributed by atoms with Gasteiger partial charge in [-0.25, -0.2) is 8.42 Å². The Morgan fingerprint density at radius 1 is 1.10 bits per heavy atom. The molecule has 2 aromatic carbocycles. The number of carbonyl (C=O) groups excluding carboxylic acids is 2. The number of nitrogens with one attached hydrogen (secondary N) is 3. The Kier molecular flexibility index (Phi) is 7.08. The number of anilines is 1. The summed E-state index contributed by atoms with van der Waals surface area (Å²) < 4.78 is 25.9. The molecule has 1 aliphatic heterocycles. The Morgan fingerprint density at radius 2 is 1.74 bits per heavy atom. The van der Waals surface area contributed by atoms with Gasteiger partial charge in [-0.3, -0.25) is 14.9 Å². The number of para-hydroxylation sites is 1. The van der Waals surface area contributed by atoms with Crippen LogP contribution in [-0.2, 0) is 24.8 Å². The number of amides is 2. The summed E-state index contributed by atoms with van der Waals surface area (Å²) in [4.78, 5) is 24.7. The predicted molar refractivity (Wildman–Crippen MR) is 124 cm³/mol. The topological polar surface area (TPSA) is 104 Å². The van der Waals surface area contributed by atoms with Crippen molar-refractivity contribution >= 4 is 39.1 Å². The zero-order valence-corrected chi connectivity index (χ0v) is 19.3. The van der Waals surface area contributed by atoms with Crippen LogP contribution in [0.25, 0.3) is 0 Å². The smallest absolute Gasteiger partial charge is 0.241 e. The van der Waals surface area contributed by atoms with Gasteiger partial charge in [0.25, 0.3) is 0 Å². The number of thioether (sulfide) groups is 1. The summed E-state index contributed by atoms with van der Waals surface area (Å²) in [5.74, 6) is -0.668. The molecule has 3 rings (SSSR count). The van der Waals surface area contributed by atoms with Gasteiger partial charge in [-0.15, -0.1) is 11.8 Å². The summed E-state index contributed by atoms with van der Waals surface area (Å²) in [7, 11) is -3.83. The van der Waals surface area contributed by atoms with Gasteiger partial charge in [0, 0.05) is 12.2 Å². The highest BCUT2D eigenvalue weighted by molar-refractivity contribution is 8.00. The molecule has 0 spiro atoms. The van der Waals surface area contributed by atoms with E-state index in [1.807, 2.05) is 39.0 Å². The summed E-state index contributed by atoms with van der Waals surface area (Å²) >= 11 is 1.19. The van der Waals surface area contributed by atoms with Crippen LogP contribution >= 0.6 is 11.8 Å². The van der Waals surface area contributed by atoms with E-state index in [-0.39, 0.29) is 28.5 Å². The van der Waals surface area contributed by atoms with Crippen molar-refractivity contribution < 1.29 is 18.0 Å². The lowest BCUT2D eigenvalue weighted by atomic mass is 9.87. The third-order valence-corrected chi connectivity index (χ3v) is 8.02. The third kappa shape index (κ3) is 5.87. The highest BCUT2D eigenvalue weighted by Crippen LogP contribution is 2.25. The average Bonchev–Trinajstić information content (AvgIpc) is 2.72. The van der Waals surface area contributed by atoms with E-state index >= 15 is 0 Å². The number of sulfone groups is 1. The van der Waals surface area contributed by atoms with Crippen molar-refractivity contribution in [1.29, 1.82) is 0 Å².